The van der Waals surface area contributed by atoms with Crippen molar-refractivity contribution in [1.82, 2.24) is 10.3 Å². The number of carbonyl (C=O) groups is 2. The largest absolute Gasteiger partial charge is 0.480 e. The average molecular weight is 390 g/mol. The zero-order valence-electron chi connectivity index (χ0n) is 15.7. The highest BCUT2D eigenvalue weighted by Crippen LogP contribution is 2.46. The van der Waals surface area contributed by atoms with E-state index >= 15 is 0 Å². The number of hydrogen-bond acceptors (Lipinski definition) is 6. The van der Waals surface area contributed by atoms with Crippen molar-refractivity contribution in [1.29, 1.82) is 0 Å². The van der Waals surface area contributed by atoms with Crippen LogP contribution in [0.15, 0.2) is 12.3 Å². The van der Waals surface area contributed by atoms with Crippen molar-refractivity contribution >= 4 is 25.0 Å². The molecule has 0 aliphatic rings. The van der Waals surface area contributed by atoms with Gasteiger partial charge < -0.3 is 29.2 Å². The Labute approximate surface area is 152 Å². The maximum Gasteiger partial charge on any atom is 0.408 e. The predicted octanol–water partition coefficient (Wildman–Crippen LogP) is 2.43. The van der Waals surface area contributed by atoms with E-state index in [-0.39, 0.29) is 19.6 Å². The molecule has 10 heteroatoms. The molecular weight excluding hydrogens is 363 g/mol. The number of carboxylic acid groups (broad SMARTS) is 1. The summed E-state index contributed by atoms with van der Waals surface area (Å²) in [6, 6.07) is 0.300. The Bertz CT molecular complexity index is 656. The van der Waals surface area contributed by atoms with Gasteiger partial charge in [0.25, 0.3) is 0 Å². The number of H-pyrrole nitrogens is 1. The molecular formula is C16H27N2O7P. The highest BCUT2D eigenvalue weighted by molar-refractivity contribution is 7.62. The van der Waals surface area contributed by atoms with Crippen LogP contribution in [0.5, 0.6) is 0 Å². The smallest absolute Gasteiger partial charge is 0.408 e. The third kappa shape index (κ3) is 6.82. The number of ether oxygens (including phenoxy) is 1. The number of aromatic amines is 1. The summed E-state index contributed by atoms with van der Waals surface area (Å²) >= 11 is 0. The van der Waals surface area contributed by atoms with E-state index in [2.05, 4.69) is 10.3 Å². The van der Waals surface area contributed by atoms with E-state index in [1.54, 1.807) is 34.6 Å². The van der Waals surface area contributed by atoms with Crippen molar-refractivity contribution in [3.63, 3.8) is 0 Å². The predicted molar refractivity (Wildman–Crippen MR) is 95.8 cm³/mol. The molecule has 1 amide bonds. The minimum Gasteiger partial charge on any atom is -0.480 e. The normalized spacial score (nSPS) is 13.3. The number of aliphatic carboxylic acids is 1. The second-order valence-electron chi connectivity index (χ2n) is 6.46. The van der Waals surface area contributed by atoms with Crippen LogP contribution in [0.2, 0.25) is 0 Å². The standard InChI is InChI=1S/C16H27N2O7P/c1-6-23-26(22,24-7-2)12-8-11(17-10-12)9-13(14(19)20)18-15(21)25-16(3,4)5/h8,10,13,17H,6-7,9H2,1-5H3,(H,18,21)(H,19,20)/t13-/m0/s1. The lowest BCUT2D eigenvalue weighted by Gasteiger charge is -2.21. The summed E-state index contributed by atoms with van der Waals surface area (Å²) in [4.78, 5) is 26.1. The van der Waals surface area contributed by atoms with E-state index in [0.29, 0.717) is 11.0 Å². The zero-order chi connectivity index (χ0) is 20.0. The number of carbonyl (C=O) groups excluding carboxylic acids is 1. The van der Waals surface area contributed by atoms with Crippen molar-refractivity contribution in [2.45, 2.75) is 52.7 Å². The van der Waals surface area contributed by atoms with E-state index in [9.17, 15) is 19.3 Å². The number of hydrogen-bond donors (Lipinski definition) is 3. The monoisotopic (exact) mass is 390 g/mol. The molecule has 0 saturated heterocycles. The van der Waals surface area contributed by atoms with E-state index in [4.69, 9.17) is 13.8 Å². The molecule has 0 aliphatic heterocycles. The van der Waals surface area contributed by atoms with Gasteiger partial charge in [-0.2, -0.15) is 0 Å². The molecule has 0 saturated carbocycles. The Kier molecular flexibility index (Phi) is 7.87. The van der Waals surface area contributed by atoms with Gasteiger partial charge in [0, 0.05) is 18.3 Å². The van der Waals surface area contributed by atoms with E-state index in [0.717, 1.165) is 0 Å². The summed E-state index contributed by atoms with van der Waals surface area (Å²) in [5, 5.41) is 11.9. The van der Waals surface area contributed by atoms with Gasteiger partial charge in [-0.3, -0.25) is 4.57 Å². The highest BCUT2D eigenvalue weighted by atomic mass is 31.2. The van der Waals surface area contributed by atoms with Gasteiger partial charge >= 0.3 is 19.7 Å². The van der Waals surface area contributed by atoms with Gasteiger partial charge in [0.05, 0.1) is 18.5 Å². The molecule has 1 aromatic heterocycles. The molecule has 148 valence electrons. The second kappa shape index (κ2) is 9.21. The van der Waals surface area contributed by atoms with E-state index in [1.165, 1.54) is 12.3 Å². The third-order valence-electron chi connectivity index (χ3n) is 3.06. The van der Waals surface area contributed by atoms with Gasteiger partial charge in [-0.15, -0.1) is 0 Å². The van der Waals surface area contributed by atoms with Gasteiger partial charge in [0.15, 0.2) is 0 Å². The summed E-state index contributed by atoms with van der Waals surface area (Å²) in [5.41, 5.74) is -0.281. The fourth-order valence-electron chi connectivity index (χ4n) is 2.10. The highest BCUT2D eigenvalue weighted by Gasteiger charge is 2.29. The van der Waals surface area contributed by atoms with Gasteiger partial charge in [-0.05, 0) is 40.7 Å². The number of carboxylic acids is 1. The summed E-state index contributed by atoms with van der Waals surface area (Å²) in [6.07, 6.45) is 0.576. The number of aromatic nitrogens is 1. The summed E-state index contributed by atoms with van der Waals surface area (Å²) in [6.45, 7) is 8.84. The van der Waals surface area contributed by atoms with Crippen molar-refractivity contribution in [3.05, 3.63) is 18.0 Å². The molecule has 0 aliphatic carbocycles. The molecule has 9 nitrogen and oxygen atoms in total. The lowest BCUT2D eigenvalue weighted by molar-refractivity contribution is -0.139. The van der Waals surface area contributed by atoms with Gasteiger partial charge in [-0.1, -0.05) is 0 Å². The first-order valence-electron chi connectivity index (χ1n) is 8.30. The van der Waals surface area contributed by atoms with E-state index < -0.39 is 31.3 Å². The fourth-order valence-corrected chi connectivity index (χ4v) is 3.69. The first kappa shape index (κ1) is 22.2. The molecule has 0 aromatic carbocycles. The Hall–Kier alpha value is -1.83. The topological polar surface area (TPSA) is 127 Å². The van der Waals surface area contributed by atoms with Gasteiger partial charge in [0.2, 0.25) is 0 Å². The quantitative estimate of drug-likeness (QED) is 0.553. The second-order valence-corrected chi connectivity index (χ2v) is 8.49. The summed E-state index contributed by atoms with van der Waals surface area (Å²) in [7, 11) is -3.46. The van der Waals surface area contributed by atoms with Crippen LogP contribution in [0.4, 0.5) is 4.79 Å². The molecule has 1 aromatic rings. The molecule has 3 N–H and O–H groups in total. The maximum atomic E-state index is 12.7. The zero-order valence-corrected chi connectivity index (χ0v) is 16.6. The summed E-state index contributed by atoms with van der Waals surface area (Å²) in [5.74, 6) is -1.22. The average Bonchev–Trinajstić information content (AvgIpc) is 2.94. The number of rotatable bonds is 9. The Morgan fingerprint density at radius 2 is 1.85 bits per heavy atom. The van der Waals surface area contributed by atoms with Crippen LogP contribution in [0.1, 0.15) is 40.3 Å². The van der Waals surface area contributed by atoms with Crippen molar-refractivity contribution in [2.24, 2.45) is 0 Å². The molecule has 26 heavy (non-hydrogen) atoms. The molecule has 1 rings (SSSR count). The van der Waals surface area contributed by atoms with E-state index in [1.807, 2.05) is 0 Å². The third-order valence-corrected chi connectivity index (χ3v) is 5.14. The molecule has 0 radical (unpaired) electrons. The summed E-state index contributed by atoms with van der Waals surface area (Å²) < 4.78 is 28.3. The fraction of sp³-hybridized carbons (Fsp3) is 0.625. The first-order valence-corrected chi connectivity index (χ1v) is 9.84. The molecule has 1 atom stereocenters. The minimum atomic E-state index is -3.46. The number of nitrogens with one attached hydrogen (secondary N) is 2. The van der Waals surface area contributed by atoms with Crippen LogP contribution in [0.3, 0.4) is 0 Å². The number of alkyl carbamates (subject to hydrolysis) is 1. The van der Waals surface area contributed by atoms with Crippen LogP contribution in [0.25, 0.3) is 0 Å². The Balaban J connectivity index is 2.88. The van der Waals surface area contributed by atoms with Gasteiger partial charge in [-0.25, -0.2) is 9.59 Å². The van der Waals surface area contributed by atoms with Gasteiger partial charge in [0.1, 0.15) is 11.6 Å². The molecule has 0 fully saturated rings. The van der Waals surface area contributed by atoms with Crippen LogP contribution in [0, 0.1) is 0 Å². The van der Waals surface area contributed by atoms with Crippen molar-refractivity contribution in [2.75, 3.05) is 13.2 Å². The molecule has 0 bridgehead atoms. The molecule has 1 heterocycles. The Morgan fingerprint density at radius 3 is 2.31 bits per heavy atom. The minimum absolute atomic E-state index is 0.0488. The van der Waals surface area contributed by atoms with Crippen LogP contribution >= 0.6 is 7.60 Å². The lowest BCUT2D eigenvalue weighted by Crippen LogP contribution is -2.44. The first-order chi connectivity index (χ1) is 12.0. The molecule has 0 unspecified atom stereocenters. The SMILES string of the molecule is CCOP(=O)(OCC)c1c[nH]c(C[C@H](NC(=O)OC(C)(C)C)C(=O)O)c1. The maximum absolute atomic E-state index is 12.7. The molecule has 0 spiro atoms. The lowest BCUT2D eigenvalue weighted by atomic mass is 10.1. The Morgan fingerprint density at radius 1 is 1.27 bits per heavy atom. The number of amides is 1. The van der Waals surface area contributed by atoms with Crippen molar-refractivity contribution in [3.8, 4) is 0 Å². The van der Waals surface area contributed by atoms with Crippen LogP contribution in [-0.4, -0.2) is 47.0 Å². The van der Waals surface area contributed by atoms with Crippen molar-refractivity contribution < 1.29 is 33.0 Å². The van der Waals surface area contributed by atoms with Crippen LogP contribution in [-0.2, 0) is 29.6 Å². The van der Waals surface area contributed by atoms with Crippen LogP contribution < -0.4 is 10.6 Å².